The molecular formula is C15H23NO6S. The van der Waals surface area contributed by atoms with Gasteiger partial charge in [-0.05, 0) is 45.7 Å². The Labute approximate surface area is 138 Å². The van der Waals surface area contributed by atoms with Crippen molar-refractivity contribution in [1.82, 2.24) is 5.32 Å². The molecule has 0 aromatic carbocycles. The summed E-state index contributed by atoms with van der Waals surface area (Å²) >= 11 is 0.930. The van der Waals surface area contributed by atoms with Gasteiger partial charge in [0.2, 0.25) is 0 Å². The van der Waals surface area contributed by atoms with Gasteiger partial charge in [-0.15, -0.1) is 11.3 Å². The molecule has 1 aromatic rings. The number of ether oxygens (including phenoxy) is 1. The van der Waals surface area contributed by atoms with E-state index in [9.17, 15) is 19.8 Å². The lowest BCUT2D eigenvalue weighted by Crippen LogP contribution is -2.34. The van der Waals surface area contributed by atoms with Gasteiger partial charge in [-0.3, -0.25) is 0 Å². The van der Waals surface area contributed by atoms with Crippen LogP contribution < -0.4 is 5.32 Å². The van der Waals surface area contributed by atoms with E-state index in [0.717, 1.165) is 11.3 Å². The van der Waals surface area contributed by atoms with Crippen LogP contribution in [-0.2, 0) is 4.74 Å². The number of aromatic carboxylic acids is 1. The molecule has 8 heteroatoms. The average molecular weight is 345 g/mol. The molecule has 0 aliphatic heterocycles. The molecule has 23 heavy (non-hydrogen) atoms. The van der Waals surface area contributed by atoms with Crippen LogP contribution in [0, 0.1) is 6.92 Å². The molecule has 0 aliphatic rings. The van der Waals surface area contributed by atoms with Crippen LogP contribution in [0.25, 0.3) is 0 Å². The summed E-state index contributed by atoms with van der Waals surface area (Å²) in [6, 6.07) is 1.46. The third-order valence-electron chi connectivity index (χ3n) is 2.91. The number of amides is 1. The molecular weight excluding hydrogens is 322 g/mol. The van der Waals surface area contributed by atoms with Crippen LogP contribution >= 0.6 is 11.3 Å². The Morgan fingerprint density at radius 2 is 1.96 bits per heavy atom. The Morgan fingerprint density at radius 1 is 1.35 bits per heavy atom. The van der Waals surface area contributed by atoms with E-state index < -0.39 is 29.9 Å². The Morgan fingerprint density at radius 3 is 2.43 bits per heavy atom. The van der Waals surface area contributed by atoms with Gasteiger partial charge in [0.1, 0.15) is 16.6 Å². The second kappa shape index (κ2) is 7.76. The molecule has 1 aromatic heterocycles. The van der Waals surface area contributed by atoms with Crippen molar-refractivity contribution in [2.75, 3.05) is 6.54 Å². The van der Waals surface area contributed by atoms with Gasteiger partial charge >= 0.3 is 12.1 Å². The lowest BCUT2D eigenvalue weighted by molar-refractivity contribution is 0.0140. The first-order chi connectivity index (χ1) is 10.5. The second-order valence-electron chi connectivity index (χ2n) is 6.19. The summed E-state index contributed by atoms with van der Waals surface area (Å²) in [6.07, 6.45) is -2.81. The first-order valence-corrected chi connectivity index (χ1v) is 7.99. The Balaban J connectivity index is 2.53. The van der Waals surface area contributed by atoms with Gasteiger partial charge in [0.05, 0.1) is 6.10 Å². The highest BCUT2D eigenvalue weighted by atomic mass is 32.1. The number of aryl methyl sites for hydroxylation is 1. The van der Waals surface area contributed by atoms with Gasteiger partial charge in [-0.2, -0.15) is 0 Å². The van der Waals surface area contributed by atoms with Crippen molar-refractivity contribution in [3.8, 4) is 0 Å². The zero-order valence-electron chi connectivity index (χ0n) is 13.6. The van der Waals surface area contributed by atoms with Crippen LogP contribution in [0.3, 0.4) is 0 Å². The van der Waals surface area contributed by atoms with Gasteiger partial charge in [0.15, 0.2) is 0 Å². The number of thiophene rings is 1. The van der Waals surface area contributed by atoms with Crippen LogP contribution in [0.5, 0.6) is 0 Å². The predicted octanol–water partition coefficient (Wildman–Crippen LogP) is 2.06. The monoisotopic (exact) mass is 345 g/mol. The van der Waals surface area contributed by atoms with E-state index in [2.05, 4.69) is 5.32 Å². The number of hydrogen-bond acceptors (Lipinski definition) is 6. The molecule has 2 atom stereocenters. The van der Waals surface area contributed by atoms with E-state index in [0.29, 0.717) is 10.4 Å². The molecule has 0 saturated carbocycles. The van der Waals surface area contributed by atoms with Crippen molar-refractivity contribution in [1.29, 1.82) is 0 Å². The van der Waals surface area contributed by atoms with Crippen molar-refractivity contribution < 1.29 is 29.6 Å². The number of nitrogens with one attached hydrogen (secondary N) is 1. The van der Waals surface area contributed by atoms with Crippen LogP contribution in [0.15, 0.2) is 6.07 Å². The summed E-state index contributed by atoms with van der Waals surface area (Å²) in [5.74, 6) is -1.07. The molecule has 130 valence electrons. The molecule has 0 spiro atoms. The van der Waals surface area contributed by atoms with Gasteiger partial charge in [-0.1, -0.05) is 0 Å². The maximum absolute atomic E-state index is 11.5. The number of rotatable bonds is 6. The first-order valence-electron chi connectivity index (χ1n) is 7.18. The van der Waals surface area contributed by atoms with E-state index in [1.54, 1.807) is 27.7 Å². The fourth-order valence-electron chi connectivity index (χ4n) is 1.86. The fraction of sp³-hybridized carbons (Fsp3) is 0.600. The SMILES string of the molecule is Cc1cc(C(=O)O)sc1C(O)C(O)CCNC(=O)OC(C)(C)C. The molecule has 1 amide bonds. The molecule has 7 nitrogen and oxygen atoms in total. The highest BCUT2D eigenvalue weighted by molar-refractivity contribution is 7.14. The number of carboxylic acid groups (broad SMARTS) is 1. The lowest BCUT2D eigenvalue weighted by atomic mass is 10.1. The van der Waals surface area contributed by atoms with Gasteiger partial charge in [0.25, 0.3) is 0 Å². The number of alkyl carbamates (subject to hydrolysis) is 1. The molecule has 4 N–H and O–H groups in total. The number of hydrogen-bond donors (Lipinski definition) is 4. The number of carboxylic acids is 1. The molecule has 0 fully saturated rings. The zero-order chi connectivity index (χ0) is 17.8. The van der Waals surface area contributed by atoms with E-state index in [1.165, 1.54) is 6.07 Å². The molecule has 0 aliphatic carbocycles. The van der Waals surface area contributed by atoms with Crippen LogP contribution in [0.4, 0.5) is 4.79 Å². The molecule has 0 radical (unpaired) electrons. The summed E-state index contributed by atoms with van der Waals surface area (Å²) in [5.41, 5.74) is 0.00262. The van der Waals surface area contributed by atoms with Gasteiger partial charge < -0.3 is 25.4 Å². The first kappa shape index (κ1) is 19.4. The maximum atomic E-state index is 11.5. The number of carbonyl (C=O) groups is 2. The zero-order valence-corrected chi connectivity index (χ0v) is 14.4. The lowest BCUT2D eigenvalue weighted by Gasteiger charge is -2.21. The van der Waals surface area contributed by atoms with Gasteiger partial charge in [0, 0.05) is 11.4 Å². The van der Waals surface area contributed by atoms with Crippen LogP contribution in [-0.4, -0.2) is 45.6 Å². The minimum Gasteiger partial charge on any atom is -0.477 e. The molecule has 1 rings (SSSR count). The highest BCUT2D eigenvalue weighted by Gasteiger charge is 2.24. The summed E-state index contributed by atoms with van der Waals surface area (Å²) in [4.78, 5) is 22.9. The smallest absolute Gasteiger partial charge is 0.407 e. The van der Waals surface area contributed by atoms with E-state index in [1.807, 2.05) is 0 Å². The summed E-state index contributed by atoms with van der Waals surface area (Å²) in [6.45, 7) is 7.02. The Hall–Kier alpha value is -1.64. The third kappa shape index (κ3) is 6.17. The normalized spacial score (nSPS) is 14.2. The van der Waals surface area contributed by atoms with Gasteiger partial charge in [-0.25, -0.2) is 9.59 Å². The summed E-state index contributed by atoms with van der Waals surface area (Å²) < 4.78 is 5.06. The highest BCUT2D eigenvalue weighted by Crippen LogP contribution is 2.30. The number of aliphatic hydroxyl groups excluding tert-OH is 2. The topological polar surface area (TPSA) is 116 Å². The number of aliphatic hydroxyl groups is 2. The van der Waals surface area contributed by atoms with Crippen LogP contribution in [0.1, 0.15) is 53.4 Å². The van der Waals surface area contributed by atoms with Crippen molar-refractivity contribution >= 4 is 23.4 Å². The van der Waals surface area contributed by atoms with Crippen molar-refractivity contribution in [2.24, 2.45) is 0 Å². The van der Waals surface area contributed by atoms with Crippen LogP contribution in [0.2, 0.25) is 0 Å². The second-order valence-corrected chi connectivity index (χ2v) is 7.28. The van der Waals surface area contributed by atoms with Crippen molar-refractivity contribution in [3.63, 3.8) is 0 Å². The van der Waals surface area contributed by atoms with E-state index in [-0.39, 0.29) is 17.8 Å². The molecule has 0 bridgehead atoms. The fourth-order valence-corrected chi connectivity index (χ4v) is 2.92. The maximum Gasteiger partial charge on any atom is 0.407 e. The molecule has 2 unspecified atom stereocenters. The predicted molar refractivity (Wildman–Crippen MR) is 85.8 cm³/mol. The summed E-state index contributed by atoms with van der Waals surface area (Å²) in [5, 5.41) is 31.6. The minimum atomic E-state index is -1.20. The standard InChI is InChI=1S/C15H23NO6S/c1-8-7-10(13(19)20)23-12(8)11(18)9(17)5-6-16-14(21)22-15(2,3)4/h7,9,11,17-18H,5-6H2,1-4H3,(H,16,21)(H,19,20). The molecule has 0 saturated heterocycles. The largest absolute Gasteiger partial charge is 0.477 e. The summed E-state index contributed by atoms with van der Waals surface area (Å²) in [7, 11) is 0. The van der Waals surface area contributed by atoms with Crippen molar-refractivity contribution in [2.45, 2.75) is 51.9 Å². The average Bonchev–Trinajstić information content (AvgIpc) is 2.77. The van der Waals surface area contributed by atoms with E-state index >= 15 is 0 Å². The molecule has 1 heterocycles. The number of carbonyl (C=O) groups excluding carboxylic acids is 1. The van der Waals surface area contributed by atoms with E-state index in [4.69, 9.17) is 9.84 Å². The quantitative estimate of drug-likeness (QED) is 0.627. The van der Waals surface area contributed by atoms with Crippen molar-refractivity contribution in [3.05, 3.63) is 21.4 Å². The Bertz CT molecular complexity index is 563. The third-order valence-corrected chi connectivity index (χ3v) is 4.20. The Kier molecular flexibility index (Phi) is 6.55. The minimum absolute atomic E-state index is 0.107.